The molecule has 0 fully saturated rings. The molecule has 0 N–H and O–H groups in total. The van der Waals surface area contributed by atoms with Gasteiger partial charge in [-0.2, -0.15) is 0 Å². The van der Waals surface area contributed by atoms with E-state index in [9.17, 15) is 9.59 Å². The summed E-state index contributed by atoms with van der Waals surface area (Å²) in [4.78, 5) is 24.3. The fraction of sp³-hybridized carbons (Fsp3) is 0.444. The molecule has 0 aliphatic carbocycles. The summed E-state index contributed by atoms with van der Waals surface area (Å²) < 4.78 is 15.9. The van der Waals surface area contributed by atoms with Crippen LogP contribution < -0.4 is 0 Å². The van der Waals surface area contributed by atoms with E-state index in [1.165, 1.54) is 0 Å². The van der Waals surface area contributed by atoms with E-state index in [1.54, 1.807) is 38.3 Å². The molecule has 1 aromatic carbocycles. The number of esters is 2. The van der Waals surface area contributed by atoms with Crippen LogP contribution in [0.4, 0.5) is 0 Å². The maximum absolute atomic E-state index is 12.2. The van der Waals surface area contributed by atoms with Crippen molar-refractivity contribution in [3.05, 3.63) is 47.5 Å². The zero-order valence-electron chi connectivity index (χ0n) is 14.9. The Morgan fingerprint density at radius 3 is 2.12 bits per heavy atom. The minimum Gasteiger partial charge on any atom is -0.462 e. The Morgan fingerprint density at radius 1 is 1.08 bits per heavy atom. The molecule has 5 nitrogen and oxygen atoms in total. The highest BCUT2D eigenvalue weighted by atomic mass is 28.4. The molecule has 0 bridgehead atoms. The molecule has 0 saturated heterocycles. The standard InChI is InChI=1S/C18H26O5Si/c1-14(2)13-23-18(20)16-10-7-6-9-15(16)17(19)22-11-8-12-24(4,5)21-3/h6-7,9-10H,1,8,11-13H2,2-5H3. The molecule has 132 valence electrons. The van der Waals surface area contributed by atoms with Gasteiger partial charge in [0, 0.05) is 7.11 Å². The molecular weight excluding hydrogens is 324 g/mol. The van der Waals surface area contributed by atoms with Crippen molar-refractivity contribution < 1.29 is 23.5 Å². The van der Waals surface area contributed by atoms with Gasteiger partial charge in [-0.15, -0.1) is 0 Å². The maximum atomic E-state index is 12.2. The summed E-state index contributed by atoms with van der Waals surface area (Å²) in [6.45, 7) is 10.1. The van der Waals surface area contributed by atoms with Gasteiger partial charge in [-0.3, -0.25) is 0 Å². The lowest BCUT2D eigenvalue weighted by Crippen LogP contribution is -2.28. The molecule has 0 unspecified atom stereocenters. The predicted octanol–water partition coefficient (Wildman–Crippen LogP) is 3.82. The van der Waals surface area contributed by atoms with E-state index in [0.717, 1.165) is 18.0 Å². The highest BCUT2D eigenvalue weighted by Gasteiger charge is 2.21. The smallest absolute Gasteiger partial charge is 0.339 e. The Balaban J connectivity index is 2.64. The zero-order chi connectivity index (χ0) is 18.2. The van der Waals surface area contributed by atoms with Crippen LogP contribution in [-0.2, 0) is 13.9 Å². The van der Waals surface area contributed by atoms with Crippen molar-refractivity contribution in [3.63, 3.8) is 0 Å². The third kappa shape index (κ3) is 6.68. The van der Waals surface area contributed by atoms with Gasteiger partial charge in [0.05, 0.1) is 17.7 Å². The second-order valence-electron chi connectivity index (χ2n) is 6.28. The highest BCUT2D eigenvalue weighted by molar-refractivity contribution is 6.71. The molecule has 1 rings (SSSR count). The summed E-state index contributed by atoms with van der Waals surface area (Å²) in [5.74, 6) is -1.08. The van der Waals surface area contributed by atoms with Crippen molar-refractivity contribution in [2.45, 2.75) is 32.5 Å². The highest BCUT2D eigenvalue weighted by Crippen LogP contribution is 2.15. The topological polar surface area (TPSA) is 61.8 Å². The van der Waals surface area contributed by atoms with Gasteiger partial charge in [0.1, 0.15) is 6.61 Å². The van der Waals surface area contributed by atoms with Gasteiger partial charge >= 0.3 is 11.9 Å². The normalized spacial score (nSPS) is 11.0. The number of hydrogen-bond acceptors (Lipinski definition) is 5. The van der Waals surface area contributed by atoms with Crippen LogP contribution in [0.15, 0.2) is 36.4 Å². The minimum atomic E-state index is -1.65. The summed E-state index contributed by atoms with van der Waals surface area (Å²) >= 11 is 0. The second kappa shape index (κ2) is 9.39. The van der Waals surface area contributed by atoms with Crippen LogP contribution in [0.3, 0.4) is 0 Å². The van der Waals surface area contributed by atoms with E-state index in [4.69, 9.17) is 13.9 Å². The first kappa shape index (κ1) is 20.1. The van der Waals surface area contributed by atoms with E-state index in [1.807, 2.05) is 0 Å². The molecule has 24 heavy (non-hydrogen) atoms. The Hall–Kier alpha value is -1.92. The molecule has 0 aliphatic rings. The van der Waals surface area contributed by atoms with Crippen LogP contribution in [-0.4, -0.2) is 40.6 Å². The van der Waals surface area contributed by atoms with Crippen LogP contribution in [0.25, 0.3) is 0 Å². The number of carbonyl (C=O) groups excluding carboxylic acids is 2. The van der Waals surface area contributed by atoms with E-state index in [0.29, 0.717) is 6.61 Å². The molecule has 0 amide bonds. The Labute approximate surface area is 144 Å². The molecule has 0 spiro atoms. The molecule has 0 aromatic heterocycles. The van der Waals surface area contributed by atoms with Crippen LogP contribution in [0.2, 0.25) is 19.1 Å². The molecule has 6 heteroatoms. The van der Waals surface area contributed by atoms with Crippen molar-refractivity contribution in [2.75, 3.05) is 20.3 Å². The fourth-order valence-corrected chi connectivity index (χ4v) is 3.15. The van der Waals surface area contributed by atoms with Gasteiger partial charge in [0.15, 0.2) is 8.32 Å². The van der Waals surface area contributed by atoms with Crippen LogP contribution in [0, 0.1) is 0 Å². The Morgan fingerprint density at radius 2 is 1.62 bits per heavy atom. The van der Waals surface area contributed by atoms with Gasteiger partial charge in [-0.25, -0.2) is 9.59 Å². The number of benzene rings is 1. The van der Waals surface area contributed by atoms with E-state index < -0.39 is 20.3 Å². The molecule has 0 heterocycles. The molecule has 1 aromatic rings. The van der Waals surface area contributed by atoms with Crippen LogP contribution in [0.1, 0.15) is 34.1 Å². The summed E-state index contributed by atoms with van der Waals surface area (Å²) in [5.41, 5.74) is 1.15. The van der Waals surface area contributed by atoms with Gasteiger partial charge in [-0.1, -0.05) is 18.7 Å². The lowest BCUT2D eigenvalue weighted by atomic mass is 10.1. The Kier molecular flexibility index (Phi) is 7.87. The van der Waals surface area contributed by atoms with Crippen molar-refractivity contribution in [2.24, 2.45) is 0 Å². The number of hydrogen-bond donors (Lipinski definition) is 0. The second-order valence-corrected chi connectivity index (χ2v) is 10.7. The van der Waals surface area contributed by atoms with E-state index in [2.05, 4.69) is 19.7 Å². The summed E-state index contributed by atoms with van der Waals surface area (Å²) in [7, 11) is 0.0608. The van der Waals surface area contributed by atoms with E-state index >= 15 is 0 Å². The summed E-state index contributed by atoms with van der Waals surface area (Å²) in [6.07, 6.45) is 0.737. The molecule has 0 saturated carbocycles. The minimum absolute atomic E-state index is 0.124. The van der Waals surface area contributed by atoms with Crippen LogP contribution in [0.5, 0.6) is 0 Å². The average Bonchev–Trinajstić information content (AvgIpc) is 2.56. The first-order valence-electron chi connectivity index (χ1n) is 7.89. The third-order valence-electron chi connectivity index (χ3n) is 3.53. The quantitative estimate of drug-likeness (QED) is 0.293. The predicted molar refractivity (Wildman–Crippen MR) is 95.7 cm³/mol. The van der Waals surface area contributed by atoms with Crippen molar-refractivity contribution >= 4 is 20.3 Å². The van der Waals surface area contributed by atoms with E-state index in [-0.39, 0.29) is 17.7 Å². The molecular formula is C18H26O5Si. The van der Waals surface area contributed by atoms with Crippen molar-refractivity contribution in [1.82, 2.24) is 0 Å². The van der Waals surface area contributed by atoms with Crippen LogP contribution >= 0.6 is 0 Å². The Bertz CT molecular complexity index is 595. The summed E-state index contributed by atoms with van der Waals surface area (Å²) in [6, 6.07) is 7.39. The first-order valence-corrected chi connectivity index (χ1v) is 11.0. The monoisotopic (exact) mass is 350 g/mol. The lowest BCUT2D eigenvalue weighted by Gasteiger charge is -2.19. The molecule has 0 radical (unpaired) electrons. The lowest BCUT2D eigenvalue weighted by molar-refractivity contribution is 0.0472. The average molecular weight is 350 g/mol. The van der Waals surface area contributed by atoms with Gasteiger partial charge in [-0.05, 0) is 50.2 Å². The van der Waals surface area contributed by atoms with Crippen molar-refractivity contribution in [3.8, 4) is 0 Å². The fourth-order valence-electron chi connectivity index (χ4n) is 1.95. The number of carbonyl (C=O) groups is 2. The number of ether oxygens (including phenoxy) is 2. The third-order valence-corrected chi connectivity index (χ3v) is 6.19. The summed E-state index contributed by atoms with van der Waals surface area (Å²) in [5, 5.41) is 0. The van der Waals surface area contributed by atoms with Gasteiger partial charge < -0.3 is 13.9 Å². The first-order chi connectivity index (χ1) is 11.3. The van der Waals surface area contributed by atoms with Gasteiger partial charge in [0.2, 0.25) is 0 Å². The zero-order valence-corrected chi connectivity index (χ0v) is 15.9. The van der Waals surface area contributed by atoms with Crippen molar-refractivity contribution in [1.29, 1.82) is 0 Å². The SMILES string of the molecule is C=C(C)COC(=O)c1ccccc1C(=O)OCCC[Si](C)(C)OC. The van der Waals surface area contributed by atoms with Gasteiger partial charge in [0.25, 0.3) is 0 Å². The number of rotatable bonds is 9. The molecule has 0 atom stereocenters. The molecule has 0 aliphatic heterocycles. The maximum Gasteiger partial charge on any atom is 0.339 e. The largest absolute Gasteiger partial charge is 0.462 e.